The van der Waals surface area contributed by atoms with Gasteiger partial charge in [-0.05, 0) is 37.5 Å². The molecule has 0 fully saturated rings. The third-order valence-corrected chi connectivity index (χ3v) is 3.22. The number of amides is 1. The highest BCUT2D eigenvalue weighted by Crippen LogP contribution is 2.29. The van der Waals surface area contributed by atoms with Crippen molar-refractivity contribution in [3.05, 3.63) is 42.2 Å². The number of benzene rings is 1. The van der Waals surface area contributed by atoms with Gasteiger partial charge in [0.1, 0.15) is 5.82 Å². The highest BCUT2D eigenvalue weighted by atomic mass is 19.1. The Bertz CT molecular complexity index is 525. The number of hydrogen-bond donors (Lipinski definition) is 0. The summed E-state index contributed by atoms with van der Waals surface area (Å²) in [6, 6.07) is 3.84. The van der Waals surface area contributed by atoms with Gasteiger partial charge in [0.15, 0.2) is 0 Å². The van der Waals surface area contributed by atoms with Gasteiger partial charge in [0.2, 0.25) is 0 Å². The smallest absolute Gasteiger partial charge is 0.299 e. The van der Waals surface area contributed by atoms with Crippen LogP contribution in [0.25, 0.3) is 0 Å². The Hall–Kier alpha value is -1.97. The molecule has 1 aliphatic heterocycles. The van der Waals surface area contributed by atoms with Crippen LogP contribution in [0, 0.1) is 5.82 Å². The third-order valence-electron chi connectivity index (χ3n) is 3.22. The molecule has 0 saturated heterocycles. The van der Waals surface area contributed by atoms with Gasteiger partial charge < -0.3 is 4.90 Å². The summed E-state index contributed by atoms with van der Waals surface area (Å²) in [7, 11) is 0. The summed E-state index contributed by atoms with van der Waals surface area (Å²) >= 11 is 0. The number of unbranched alkanes of at least 4 members (excludes halogenated alkanes) is 3. The van der Waals surface area contributed by atoms with Crippen molar-refractivity contribution in [3.63, 3.8) is 0 Å². The van der Waals surface area contributed by atoms with E-state index in [0.717, 1.165) is 25.7 Å². The standard InChI is InChI=1S/C15H16FNO2/c1-2-3-4-5-6-9-17-13-10-11(16)7-8-12(13)14(18)15(17)19/h2,7-8,10H,1,3-6,9H2. The van der Waals surface area contributed by atoms with Gasteiger partial charge in [0.25, 0.3) is 11.7 Å². The van der Waals surface area contributed by atoms with E-state index in [1.54, 1.807) is 0 Å². The van der Waals surface area contributed by atoms with Gasteiger partial charge in [0, 0.05) is 6.54 Å². The van der Waals surface area contributed by atoms with Crippen LogP contribution >= 0.6 is 0 Å². The molecule has 2 rings (SSSR count). The fourth-order valence-corrected chi connectivity index (χ4v) is 2.22. The number of hydrogen-bond acceptors (Lipinski definition) is 2. The number of carbonyl (C=O) groups excluding carboxylic acids is 2. The van der Waals surface area contributed by atoms with Crippen LogP contribution in [-0.4, -0.2) is 18.2 Å². The van der Waals surface area contributed by atoms with Gasteiger partial charge >= 0.3 is 0 Å². The highest BCUT2D eigenvalue weighted by molar-refractivity contribution is 6.52. The normalized spacial score (nSPS) is 13.8. The maximum Gasteiger partial charge on any atom is 0.299 e. The average molecular weight is 261 g/mol. The molecular formula is C15H16FNO2. The van der Waals surface area contributed by atoms with Gasteiger partial charge in [-0.2, -0.15) is 0 Å². The molecule has 1 aliphatic rings. The first-order chi connectivity index (χ1) is 9.15. The fourth-order valence-electron chi connectivity index (χ4n) is 2.22. The largest absolute Gasteiger partial charge is 0.305 e. The van der Waals surface area contributed by atoms with Gasteiger partial charge in [0.05, 0.1) is 11.3 Å². The van der Waals surface area contributed by atoms with Crippen LogP contribution in [0.3, 0.4) is 0 Å². The molecule has 1 heterocycles. The number of nitrogens with zero attached hydrogens (tertiary/aromatic N) is 1. The third kappa shape index (κ3) is 2.72. The highest BCUT2D eigenvalue weighted by Gasteiger charge is 2.35. The molecule has 0 spiro atoms. The molecule has 0 saturated carbocycles. The Labute approximate surface area is 111 Å². The first-order valence-electron chi connectivity index (χ1n) is 6.42. The fraction of sp³-hybridized carbons (Fsp3) is 0.333. The second-order valence-corrected chi connectivity index (χ2v) is 4.59. The van der Waals surface area contributed by atoms with Crippen molar-refractivity contribution in [1.29, 1.82) is 0 Å². The molecule has 1 aromatic carbocycles. The summed E-state index contributed by atoms with van der Waals surface area (Å²) < 4.78 is 13.2. The van der Waals surface area contributed by atoms with Crippen LogP contribution in [0.5, 0.6) is 0 Å². The lowest BCUT2D eigenvalue weighted by Gasteiger charge is -2.16. The van der Waals surface area contributed by atoms with Gasteiger partial charge in [-0.1, -0.05) is 12.5 Å². The first-order valence-corrected chi connectivity index (χ1v) is 6.42. The predicted octanol–water partition coefficient (Wildman–Crippen LogP) is 3.10. The number of carbonyl (C=O) groups is 2. The minimum absolute atomic E-state index is 0.303. The Morgan fingerprint density at radius 2 is 2.00 bits per heavy atom. The Kier molecular flexibility index (Phi) is 4.10. The number of halogens is 1. The molecule has 0 atom stereocenters. The van der Waals surface area contributed by atoms with Crippen molar-refractivity contribution in [3.8, 4) is 0 Å². The summed E-state index contributed by atoms with van der Waals surface area (Å²) in [5.74, 6) is -1.52. The van der Waals surface area contributed by atoms with Crippen molar-refractivity contribution < 1.29 is 14.0 Å². The molecule has 100 valence electrons. The zero-order valence-electron chi connectivity index (χ0n) is 10.7. The second kappa shape index (κ2) is 5.78. The van der Waals surface area contributed by atoms with Crippen LogP contribution in [0.2, 0.25) is 0 Å². The predicted molar refractivity (Wildman–Crippen MR) is 71.7 cm³/mol. The molecule has 0 bridgehead atoms. The van der Waals surface area contributed by atoms with Gasteiger partial charge in [-0.25, -0.2) is 4.39 Å². The topological polar surface area (TPSA) is 37.4 Å². The summed E-state index contributed by atoms with van der Waals surface area (Å²) in [4.78, 5) is 24.9. The Balaban J connectivity index is 2.05. The average Bonchev–Trinajstić information content (AvgIpc) is 2.63. The minimum Gasteiger partial charge on any atom is -0.305 e. The summed E-state index contributed by atoms with van der Waals surface area (Å²) in [5.41, 5.74) is 0.705. The monoisotopic (exact) mass is 261 g/mol. The quantitative estimate of drug-likeness (QED) is 0.448. The molecule has 0 radical (unpaired) electrons. The van der Waals surface area contributed by atoms with E-state index in [0.29, 0.717) is 17.8 Å². The van der Waals surface area contributed by atoms with Crippen LogP contribution in [0.4, 0.5) is 10.1 Å². The number of ketones is 1. The minimum atomic E-state index is -0.552. The zero-order chi connectivity index (χ0) is 13.8. The molecule has 1 amide bonds. The molecule has 19 heavy (non-hydrogen) atoms. The SMILES string of the molecule is C=CCCCCCN1C(=O)C(=O)c2ccc(F)cc21. The van der Waals surface area contributed by atoms with Crippen molar-refractivity contribution in [1.82, 2.24) is 0 Å². The van der Waals surface area contributed by atoms with E-state index in [-0.39, 0.29) is 0 Å². The zero-order valence-corrected chi connectivity index (χ0v) is 10.7. The molecule has 0 aromatic heterocycles. The second-order valence-electron chi connectivity index (χ2n) is 4.59. The Morgan fingerprint density at radius 1 is 1.21 bits per heavy atom. The lowest BCUT2D eigenvalue weighted by Crippen LogP contribution is -2.30. The molecule has 0 unspecified atom stereocenters. The molecular weight excluding hydrogens is 245 g/mol. The molecule has 3 nitrogen and oxygen atoms in total. The van der Waals surface area contributed by atoms with E-state index in [4.69, 9.17) is 0 Å². The lowest BCUT2D eigenvalue weighted by atomic mass is 10.1. The number of allylic oxidation sites excluding steroid dienone is 1. The van der Waals surface area contributed by atoms with Crippen molar-refractivity contribution in [2.24, 2.45) is 0 Å². The van der Waals surface area contributed by atoms with E-state index in [2.05, 4.69) is 6.58 Å². The lowest BCUT2D eigenvalue weighted by molar-refractivity contribution is -0.114. The van der Waals surface area contributed by atoms with Crippen LogP contribution < -0.4 is 4.90 Å². The number of Topliss-reactive ketones (excluding diaryl/α,β-unsaturated/α-hetero) is 1. The summed E-state index contributed by atoms with van der Waals surface area (Å²) in [5, 5.41) is 0. The van der Waals surface area contributed by atoms with Crippen LogP contribution in [-0.2, 0) is 4.79 Å². The molecule has 0 N–H and O–H groups in total. The maximum atomic E-state index is 13.2. The van der Waals surface area contributed by atoms with E-state index in [9.17, 15) is 14.0 Å². The molecule has 4 heteroatoms. The number of fused-ring (bicyclic) bond motifs is 1. The first kappa shape index (κ1) is 13.5. The molecule has 0 aliphatic carbocycles. The van der Waals surface area contributed by atoms with E-state index >= 15 is 0 Å². The van der Waals surface area contributed by atoms with Crippen LogP contribution in [0.1, 0.15) is 36.0 Å². The number of anilines is 1. The van der Waals surface area contributed by atoms with Crippen molar-refractivity contribution >= 4 is 17.4 Å². The maximum absolute atomic E-state index is 13.2. The van der Waals surface area contributed by atoms with Crippen molar-refractivity contribution in [2.45, 2.75) is 25.7 Å². The molecule has 1 aromatic rings. The van der Waals surface area contributed by atoms with Gasteiger partial charge in [-0.3, -0.25) is 9.59 Å². The van der Waals surface area contributed by atoms with Crippen LogP contribution in [0.15, 0.2) is 30.9 Å². The van der Waals surface area contributed by atoms with E-state index in [1.807, 2.05) is 6.08 Å². The van der Waals surface area contributed by atoms with E-state index < -0.39 is 17.5 Å². The number of rotatable bonds is 6. The van der Waals surface area contributed by atoms with E-state index in [1.165, 1.54) is 23.1 Å². The summed E-state index contributed by atoms with van der Waals surface area (Å²) in [6.07, 6.45) is 5.56. The van der Waals surface area contributed by atoms with Crippen molar-refractivity contribution in [2.75, 3.05) is 11.4 Å². The Morgan fingerprint density at radius 3 is 2.74 bits per heavy atom. The summed E-state index contributed by atoms with van der Waals surface area (Å²) in [6.45, 7) is 4.10. The van der Waals surface area contributed by atoms with Gasteiger partial charge in [-0.15, -0.1) is 6.58 Å².